The van der Waals surface area contributed by atoms with E-state index in [1.54, 1.807) is 38.1 Å². The van der Waals surface area contributed by atoms with Gasteiger partial charge in [-0.3, -0.25) is 10.2 Å². The van der Waals surface area contributed by atoms with E-state index in [1.165, 1.54) is 7.11 Å². The zero-order valence-corrected chi connectivity index (χ0v) is 16.7. The normalized spacial score (nSPS) is 11.3. The van der Waals surface area contributed by atoms with Crippen LogP contribution in [0.4, 0.5) is 0 Å². The number of hydrogen-bond acceptors (Lipinski definition) is 4. The van der Waals surface area contributed by atoms with Gasteiger partial charge in [-0.25, -0.2) is 8.42 Å². The van der Waals surface area contributed by atoms with Crippen molar-refractivity contribution in [1.82, 2.24) is 10.3 Å². The summed E-state index contributed by atoms with van der Waals surface area (Å²) in [5.74, 6) is 0.0612. The van der Waals surface area contributed by atoms with Crippen molar-refractivity contribution in [3.8, 4) is 5.75 Å². The molecule has 0 spiro atoms. The van der Waals surface area contributed by atoms with Crippen molar-refractivity contribution in [1.29, 1.82) is 0 Å². The number of amides is 1. The molecule has 2 aromatic rings. The number of carbonyl (C=O) groups excluding carboxylic acids is 1. The van der Waals surface area contributed by atoms with Crippen LogP contribution in [0.15, 0.2) is 29.2 Å². The Morgan fingerprint density at radius 1 is 0.846 bits per heavy atom. The Morgan fingerprint density at radius 3 is 1.77 bits per heavy atom. The fourth-order valence-electron chi connectivity index (χ4n) is 2.85. The van der Waals surface area contributed by atoms with Gasteiger partial charge in [0.25, 0.3) is 15.9 Å². The van der Waals surface area contributed by atoms with Crippen LogP contribution >= 0.6 is 0 Å². The largest absolute Gasteiger partial charge is 0.497 e. The molecule has 7 heteroatoms. The highest BCUT2D eigenvalue weighted by molar-refractivity contribution is 7.89. The Kier molecular flexibility index (Phi) is 5.73. The fourth-order valence-corrected chi connectivity index (χ4v) is 4.29. The van der Waals surface area contributed by atoms with Crippen molar-refractivity contribution >= 4 is 15.9 Å². The summed E-state index contributed by atoms with van der Waals surface area (Å²) in [5, 5.41) is 0. The molecule has 6 nitrogen and oxygen atoms in total. The Morgan fingerprint density at radius 2 is 1.31 bits per heavy atom. The Balaban J connectivity index is 2.28. The summed E-state index contributed by atoms with van der Waals surface area (Å²) in [6.45, 7) is 9.31. The minimum Gasteiger partial charge on any atom is -0.497 e. The Labute approximate surface area is 154 Å². The molecule has 140 valence electrons. The quantitative estimate of drug-likeness (QED) is 0.786. The van der Waals surface area contributed by atoms with E-state index in [1.807, 2.05) is 20.8 Å². The number of carbonyl (C=O) groups is 1. The summed E-state index contributed by atoms with van der Waals surface area (Å²) in [6.07, 6.45) is 0. The molecule has 26 heavy (non-hydrogen) atoms. The van der Waals surface area contributed by atoms with Crippen molar-refractivity contribution in [2.24, 2.45) is 0 Å². The van der Waals surface area contributed by atoms with Gasteiger partial charge in [-0.05, 0) is 86.7 Å². The van der Waals surface area contributed by atoms with Gasteiger partial charge < -0.3 is 4.74 Å². The van der Waals surface area contributed by atoms with E-state index < -0.39 is 15.9 Å². The lowest BCUT2D eigenvalue weighted by molar-refractivity contribution is 0.0945. The van der Waals surface area contributed by atoms with E-state index in [4.69, 9.17) is 4.74 Å². The van der Waals surface area contributed by atoms with Crippen LogP contribution in [0.1, 0.15) is 38.2 Å². The monoisotopic (exact) mass is 376 g/mol. The molecule has 0 saturated carbocycles. The lowest BCUT2D eigenvalue weighted by Gasteiger charge is -2.19. The van der Waals surface area contributed by atoms with Crippen LogP contribution in [-0.2, 0) is 10.0 Å². The van der Waals surface area contributed by atoms with E-state index in [2.05, 4.69) is 10.3 Å². The molecule has 0 aliphatic carbocycles. The molecular weight excluding hydrogens is 352 g/mol. The Bertz CT molecular complexity index is 919. The van der Waals surface area contributed by atoms with E-state index >= 15 is 0 Å². The van der Waals surface area contributed by atoms with E-state index in [0.29, 0.717) is 22.4 Å². The third-order valence-electron chi connectivity index (χ3n) is 4.85. The average Bonchev–Trinajstić information content (AvgIpc) is 2.63. The van der Waals surface area contributed by atoms with Gasteiger partial charge in [0.05, 0.1) is 12.0 Å². The number of hydrazine groups is 1. The van der Waals surface area contributed by atoms with Gasteiger partial charge in [0, 0.05) is 5.56 Å². The predicted molar refractivity (Wildman–Crippen MR) is 101 cm³/mol. The highest BCUT2D eigenvalue weighted by Gasteiger charge is 2.24. The van der Waals surface area contributed by atoms with Crippen LogP contribution in [0.2, 0.25) is 0 Å². The van der Waals surface area contributed by atoms with Gasteiger partial charge >= 0.3 is 0 Å². The molecule has 0 aliphatic rings. The lowest BCUT2D eigenvalue weighted by Crippen LogP contribution is -2.42. The molecule has 1 amide bonds. The first kappa shape index (κ1) is 19.9. The van der Waals surface area contributed by atoms with E-state index in [0.717, 1.165) is 16.7 Å². The van der Waals surface area contributed by atoms with E-state index in [-0.39, 0.29) is 4.90 Å². The first-order valence-corrected chi connectivity index (χ1v) is 9.61. The maximum Gasteiger partial charge on any atom is 0.266 e. The van der Waals surface area contributed by atoms with Crippen molar-refractivity contribution in [2.45, 2.75) is 39.5 Å². The molecule has 0 aliphatic heterocycles. The standard InChI is InChI=1S/C19H24N2O4S/c1-11-12(2)14(4)18(15(5)13(11)3)26(23,24)21-20-19(22)16-7-9-17(25-6)10-8-16/h7-10,21H,1-6H3,(H,20,22). The van der Waals surface area contributed by atoms with Gasteiger partial charge in [0.2, 0.25) is 0 Å². The summed E-state index contributed by atoms with van der Waals surface area (Å²) in [4.78, 5) is 14.6. The number of rotatable bonds is 5. The molecule has 0 atom stereocenters. The van der Waals surface area contributed by atoms with Crippen LogP contribution in [-0.4, -0.2) is 21.4 Å². The molecule has 0 bridgehead atoms. The lowest BCUT2D eigenvalue weighted by atomic mass is 9.95. The third kappa shape index (κ3) is 3.73. The van der Waals surface area contributed by atoms with Crippen LogP contribution in [0, 0.1) is 34.6 Å². The summed E-state index contributed by atoms with van der Waals surface area (Å²) in [6, 6.07) is 6.37. The van der Waals surface area contributed by atoms with Crippen LogP contribution in [0.25, 0.3) is 0 Å². The molecule has 0 radical (unpaired) electrons. The zero-order chi connectivity index (χ0) is 19.6. The molecular formula is C19H24N2O4S. The molecule has 0 saturated heterocycles. The van der Waals surface area contributed by atoms with Crippen LogP contribution in [0.5, 0.6) is 5.75 Å². The van der Waals surface area contributed by atoms with Crippen LogP contribution in [0.3, 0.4) is 0 Å². The van der Waals surface area contributed by atoms with Crippen molar-refractivity contribution in [3.05, 3.63) is 57.6 Å². The molecule has 0 heterocycles. The third-order valence-corrected chi connectivity index (χ3v) is 6.37. The van der Waals surface area contributed by atoms with Gasteiger partial charge in [-0.15, -0.1) is 4.83 Å². The van der Waals surface area contributed by atoms with Gasteiger partial charge in [0.1, 0.15) is 5.75 Å². The number of sulfonamides is 1. The predicted octanol–water partition coefficient (Wildman–Crippen LogP) is 2.86. The SMILES string of the molecule is COc1ccc(C(=O)NNS(=O)(=O)c2c(C)c(C)c(C)c(C)c2C)cc1. The molecule has 2 rings (SSSR count). The van der Waals surface area contributed by atoms with Gasteiger partial charge in [-0.1, -0.05) is 0 Å². The number of hydrogen-bond donors (Lipinski definition) is 2. The second-order valence-electron chi connectivity index (χ2n) is 6.24. The number of methoxy groups -OCH3 is 1. The maximum absolute atomic E-state index is 12.8. The van der Waals surface area contributed by atoms with Gasteiger partial charge in [0.15, 0.2) is 0 Å². The first-order chi connectivity index (χ1) is 12.1. The van der Waals surface area contributed by atoms with Crippen molar-refractivity contribution < 1.29 is 17.9 Å². The van der Waals surface area contributed by atoms with E-state index in [9.17, 15) is 13.2 Å². The molecule has 2 N–H and O–H groups in total. The molecule has 0 unspecified atom stereocenters. The molecule has 0 fully saturated rings. The van der Waals surface area contributed by atoms with Crippen molar-refractivity contribution in [3.63, 3.8) is 0 Å². The molecule has 0 aromatic heterocycles. The second kappa shape index (κ2) is 7.47. The maximum atomic E-state index is 12.8. The van der Waals surface area contributed by atoms with Gasteiger partial charge in [-0.2, -0.15) is 0 Å². The summed E-state index contributed by atoms with van der Waals surface area (Å²) >= 11 is 0. The topological polar surface area (TPSA) is 84.5 Å². The highest BCUT2D eigenvalue weighted by Crippen LogP contribution is 2.29. The average molecular weight is 376 g/mol. The summed E-state index contributed by atoms with van der Waals surface area (Å²) in [7, 11) is -2.38. The smallest absolute Gasteiger partial charge is 0.266 e. The summed E-state index contributed by atoms with van der Waals surface area (Å²) < 4.78 is 30.6. The van der Waals surface area contributed by atoms with Crippen molar-refractivity contribution in [2.75, 3.05) is 7.11 Å². The number of ether oxygens (including phenoxy) is 1. The zero-order valence-electron chi connectivity index (χ0n) is 15.9. The number of benzene rings is 2. The molecule has 2 aromatic carbocycles. The minimum absolute atomic E-state index is 0.202. The Hall–Kier alpha value is -2.38. The van der Waals surface area contributed by atoms with Crippen LogP contribution < -0.4 is 15.0 Å². The highest BCUT2D eigenvalue weighted by atomic mass is 32.2. The minimum atomic E-state index is -3.91. The second-order valence-corrected chi connectivity index (χ2v) is 7.86. The first-order valence-electron chi connectivity index (χ1n) is 8.13. The fraction of sp³-hybridized carbons (Fsp3) is 0.316. The summed E-state index contributed by atoms with van der Waals surface area (Å²) in [5.41, 5.74) is 6.86. The number of nitrogens with one attached hydrogen (secondary N) is 2.